The number of amides is 1. The van der Waals surface area contributed by atoms with Crippen LogP contribution in [0.4, 0.5) is 4.39 Å². The Morgan fingerprint density at radius 3 is 2.43 bits per heavy atom. The Morgan fingerprint density at radius 1 is 1.27 bits per heavy atom. The maximum atomic E-state index is 15.5. The van der Waals surface area contributed by atoms with Gasteiger partial charge >= 0.3 is 0 Å². The van der Waals surface area contributed by atoms with Crippen molar-refractivity contribution in [3.8, 4) is 6.07 Å². The number of benzene rings is 2. The van der Waals surface area contributed by atoms with Gasteiger partial charge in [0.1, 0.15) is 5.82 Å². The van der Waals surface area contributed by atoms with Crippen LogP contribution in [0.1, 0.15) is 59.3 Å². The highest BCUT2D eigenvalue weighted by Crippen LogP contribution is 2.43. The average Bonchev–Trinajstić information content (AvgIpc) is 3.51. The second-order valence-electron chi connectivity index (χ2n) is 7.40. The van der Waals surface area contributed by atoms with Gasteiger partial charge in [-0.2, -0.15) is 5.26 Å². The van der Waals surface area contributed by atoms with Crippen molar-refractivity contribution in [1.29, 1.82) is 5.26 Å². The van der Waals surface area contributed by atoms with Gasteiger partial charge in [0, 0.05) is 29.6 Å². The first-order valence-electron chi connectivity index (χ1n) is 9.39. The SMILES string of the molecule is C[C@H](CC(N)=O)N[C@@H](c1ccc(Cl)c(C(=O)c2ccc(C#N)cc2)c1F)C1CC1.Cl. The smallest absolute Gasteiger partial charge is 0.218 e. The van der Waals surface area contributed by atoms with Crippen molar-refractivity contribution in [2.75, 3.05) is 0 Å². The fraction of sp³-hybridized carbons (Fsp3) is 0.318. The van der Waals surface area contributed by atoms with Gasteiger partial charge in [0.25, 0.3) is 0 Å². The molecule has 0 aromatic heterocycles. The fourth-order valence-corrected chi connectivity index (χ4v) is 3.67. The van der Waals surface area contributed by atoms with E-state index in [0.29, 0.717) is 11.1 Å². The molecule has 2 aromatic rings. The molecule has 0 aliphatic heterocycles. The summed E-state index contributed by atoms with van der Waals surface area (Å²) >= 11 is 6.18. The van der Waals surface area contributed by atoms with Crippen LogP contribution < -0.4 is 11.1 Å². The van der Waals surface area contributed by atoms with Crippen LogP contribution in [0.15, 0.2) is 36.4 Å². The minimum Gasteiger partial charge on any atom is -0.370 e. The molecule has 30 heavy (non-hydrogen) atoms. The van der Waals surface area contributed by atoms with E-state index < -0.39 is 17.5 Å². The van der Waals surface area contributed by atoms with Crippen LogP contribution >= 0.6 is 24.0 Å². The molecular weight excluding hydrogens is 428 g/mol. The van der Waals surface area contributed by atoms with Gasteiger partial charge in [-0.3, -0.25) is 9.59 Å². The van der Waals surface area contributed by atoms with Crippen molar-refractivity contribution in [3.63, 3.8) is 0 Å². The van der Waals surface area contributed by atoms with E-state index in [1.165, 1.54) is 30.3 Å². The number of nitrogens with two attached hydrogens (primary N) is 1. The van der Waals surface area contributed by atoms with E-state index in [4.69, 9.17) is 22.6 Å². The van der Waals surface area contributed by atoms with Crippen molar-refractivity contribution >= 4 is 35.7 Å². The molecule has 3 rings (SSSR count). The Balaban J connectivity index is 0.00000320. The van der Waals surface area contributed by atoms with Crippen LogP contribution in [0.5, 0.6) is 0 Å². The van der Waals surface area contributed by atoms with Crippen LogP contribution in [0, 0.1) is 23.1 Å². The van der Waals surface area contributed by atoms with Gasteiger partial charge in [-0.25, -0.2) is 4.39 Å². The molecule has 1 aliphatic rings. The summed E-state index contributed by atoms with van der Waals surface area (Å²) in [7, 11) is 0. The minimum atomic E-state index is -0.664. The average molecular weight is 450 g/mol. The van der Waals surface area contributed by atoms with E-state index in [0.717, 1.165) is 12.8 Å². The highest BCUT2D eigenvalue weighted by Gasteiger charge is 2.36. The number of hydrogen-bond acceptors (Lipinski definition) is 4. The van der Waals surface area contributed by atoms with Crippen molar-refractivity contribution in [3.05, 3.63) is 69.5 Å². The summed E-state index contributed by atoms with van der Waals surface area (Å²) in [5.41, 5.74) is 6.08. The molecule has 1 aliphatic carbocycles. The summed E-state index contributed by atoms with van der Waals surface area (Å²) in [6, 6.07) is 10.5. The van der Waals surface area contributed by atoms with Gasteiger partial charge in [0.15, 0.2) is 5.78 Å². The first-order chi connectivity index (χ1) is 13.8. The monoisotopic (exact) mass is 449 g/mol. The third kappa shape index (κ3) is 5.37. The second kappa shape index (κ2) is 10.0. The molecule has 1 amide bonds. The molecule has 0 saturated heterocycles. The van der Waals surface area contributed by atoms with Gasteiger partial charge in [0.05, 0.1) is 22.2 Å². The van der Waals surface area contributed by atoms with Crippen molar-refractivity contribution < 1.29 is 14.0 Å². The largest absolute Gasteiger partial charge is 0.370 e. The van der Waals surface area contributed by atoms with E-state index in [9.17, 15) is 9.59 Å². The summed E-state index contributed by atoms with van der Waals surface area (Å²) in [5.74, 6) is -1.42. The van der Waals surface area contributed by atoms with E-state index in [1.807, 2.05) is 13.0 Å². The lowest BCUT2D eigenvalue weighted by molar-refractivity contribution is -0.118. The van der Waals surface area contributed by atoms with Crippen molar-refractivity contribution in [2.45, 2.75) is 38.3 Å². The molecule has 5 nitrogen and oxygen atoms in total. The standard InChI is InChI=1S/C22H21ClFN3O2.ClH/c1-12(10-18(26)28)27-21(14-6-7-14)16-8-9-17(23)19(20(16)24)22(29)15-4-2-13(11-25)3-5-15;/h2-5,8-9,12,14,21,27H,6-7,10H2,1H3,(H2,26,28);1H/t12-,21-;/m1./s1. The highest BCUT2D eigenvalue weighted by atomic mass is 35.5. The first kappa shape index (κ1) is 23.8. The van der Waals surface area contributed by atoms with E-state index >= 15 is 4.39 Å². The Labute approximate surface area is 185 Å². The summed E-state index contributed by atoms with van der Waals surface area (Å²) in [5, 5.41) is 12.2. The zero-order valence-corrected chi connectivity index (χ0v) is 17.9. The molecule has 2 atom stereocenters. The number of ketones is 1. The van der Waals surface area contributed by atoms with E-state index in [-0.39, 0.29) is 53.0 Å². The Bertz CT molecular complexity index is 985. The zero-order valence-electron chi connectivity index (χ0n) is 16.3. The molecule has 0 bridgehead atoms. The number of primary amides is 1. The lowest BCUT2D eigenvalue weighted by Crippen LogP contribution is -2.35. The Morgan fingerprint density at radius 2 is 1.90 bits per heavy atom. The predicted molar refractivity (Wildman–Crippen MR) is 115 cm³/mol. The number of nitrogens with zero attached hydrogens (tertiary/aromatic N) is 1. The highest BCUT2D eigenvalue weighted by molar-refractivity contribution is 6.35. The number of nitriles is 1. The van der Waals surface area contributed by atoms with Crippen LogP contribution in [-0.4, -0.2) is 17.7 Å². The number of rotatable bonds is 8. The van der Waals surface area contributed by atoms with Gasteiger partial charge in [0.2, 0.25) is 5.91 Å². The minimum absolute atomic E-state index is 0. The molecule has 0 spiro atoms. The second-order valence-corrected chi connectivity index (χ2v) is 7.80. The molecular formula is C22H22Cl2FN3O2. The van der Waals surface area contributed by atoms with Gasteiger partial charge in [-0.1, -0.05) is 17.7 Å². The summed E-state index contributed by atoms with van der Waals surface area (Å²) in [4.78, 5) is 24.1. The predicted octanol–water partition coefficient (Wildman–Crippen LogP) is 4.31. The van der Waals surface area contributed by atoms with Crippen molar-refractivity contribution in [2.24, 2.45) is 11.7 Å². The van der Waals surface area contributed by atoms with E-state index in [2.05, 4.69) is 5.32 Å². The van der Waals surface area contributed by atoms with Crippen LogP contribution in [0.3, 0.4) is 0 Å². The number of hydrogen-bond donors (Lipinski definition) is 2. The Hall–Kier alpha value is -2.46. The topological polar surface area (TPSA) is 96.0 Å². The summed E-state index contributed by atoms with van der Waals surface area (Å²) in [6.45, 7) is 1.82. The third-order valence-electron chi connectivity index (χ3n) is 5.02. The molecule has 0 unspecified atom stereocenters. The zero-order chi connectivity index (χ0) is 21.1. The fourth-order valence-electron chi connectivity index (χ4n) is 3.43. The number of carbonyl (C=O) groups is 2. The van der Waals surface area contributed by atoms with Gasteiger partial charge < -0.3 is 11.1 Å². The lowest BCUT2D eigenvalue weighted by Gasteiger charge is -2.24. The van der Waals surface area contributed by atoms with Gasteiger partial charge in [-0.05, 0) is 56.0 Å². The molecule has 3 N–H and O–H groups in total. The Kier molecular flexibility index (Phi) is 7.96. The lowest BCUT2D eigenvalue weighted by atomic mass is 9.94. The first-order valence-corrected chi connectivity index (χ1v) is 9.76. The number of halogens is 3. The maximum absolute atomic E-state index is 15.5. The van der Waals surface area contributed by atoms with Gasteiger partial charge in [-0.15, -0.1) is 12.4 Å². The molecule has 2 aromatic carbocycles. The molecule has 8 heteroatoms. The van der Waals surface area contributed by atoms with Crippen LogP contribution in [0.2, 0.25) is 5.02 Å². The van der Waals surface area contributed by atoms with Crippen molar-refractivity contribution in [1.82, 2.24) is 5.32 Å². The third-order valence-corrected chi connectivity index (χ3v) is 5.34. The molecule has 158 valence electrons. The normalized spacial score (nSPS) is 14.9. The summed E-state index contributed by atoms with van der Waals surface area (Å²) in [6.07, 6.45) is 2.00. The quantitative estimate of drug-likeness (QED) is 0.586. The number of carbonyl (C=O) groups excluding carboxylic acids is 2. The molecule has 0 heterocycles. The molecule has 0 radical (unpaired) electrons. The molecule has 1 fully saturated rings. The van der Waals surface area contributed by atoms with Crippen LogP contribution in [0.25, 0.3) is 0 Å². The maximum Gasteiger partial charge on any atom is 0.218 e. The number of nitrogens with one attached hydrogen (secondary N) is 1. The van der Waals surface area contributed by atoms with E-state index in [1.54, 1.807) is 6.07 Å². The summed E-state index contributed by atoms with van der Waals surface area (Å²) < 4.78 is 15.5. The molecule has 1 saturated carbocycles. The van der Waals surface area contributed by atoms with Crippen LogP contribution in [-0.2, 0) is 4.79 Å².